The fourth-order valence-electron chi connectivity index (χ4n) is 2.75. The average molecular weight is 314 g/mol. The predicted octanol–water partition coefficient (Wildman–Crippen LogP) is 4.87. The van der Waals surface area contributed by atoms with E-state index in [1.807, 2.05) is 0 Å². The van der Waals surface area contributed by atoms with Crippen LogP contribution in [0.1, 0.15) is 80.6 Å². The van der Waals surface area contributed by atoms with Crippen LogP contribution in [0.25, 0.3) is 0 Å². The van der Waals surface area contributed by atoms with Crippen molar-refractivity contribution in [2.24, 2.45) is 16.7 Å². The molecule has 0 radical (unpaired) electrons. The lowest BCUT2D eigenvalue weighted by molar-refractivity contribution is -0.153. The van der Waals surface area contributed by atoms with Gasteiger partial charge in [0.15, 0.2) is 0 Å². The lowest BCUT2D eigenvalue weighted by atomic mass is 9.86. The van der Waals surface area contributed by atoms with Gasteiger partial charge in [-0.15, -0.1) is 0 Å². The quantitative estimate of drug-likeness (QED) is 0.278. The first-order valence-electron chi connectivity index (χ1n) is 8.48. The highest BCUT2D eigenvalue weighted by Gasteiger charge is 2.57. The highest BCUT2D eigenvalue weighted by Crippen LogP contribution is 2.37. The summed E-state index contributed by atoms with van der Waals surface area (Å²) in [7, 11) is 0. The smallest absolute Gasteiger partial charge is 0.372 e. The van der Waals surface area contributed by atoms with Crippen molar-refractivity contribution in [3.63, 3.8) is 0 Å². The van der Waals surface area contributed by atoms with E-state index in [4.69, 9.17) is 14.5 Å². The fraction of sp³-hybridized carbons (Fsp3) is 0.944. The third-order valence-electron chi connectivity index (χ3n) is 3.74. The second-order valence-electron chi connectivity index (χ2n) is 9.16. The van der Waals surface area contributed by atoms with Gasteiger partial charge in [0.05, 0.1) is 6.61 Å². The Labute approximate surface area is 135 Å². The Bertz CT molecular complexity index is 358. The Kier molecular flexibility index (Phi) is 6.46. The number of carbonyl (C=O) groups is 1. The molecular formula is C18H34O4. The van der Waals surface area contributed by atoms with Crippen LogP contribution in [0, 0.1) is 16.7 Å². The zero-order valence-electron chi connectivity index (χ0n) is 15.5. The van der Waals surface area contributed by atoms with Crippen molar-refractivity contribution < 1.29 is 19.3 Å². The standard InChI is InChI=1S/C18H34O4/c1-14(12-17(5,6)7)13-20-15(19)18(21-22-18)11-9-8-10-16(2,3)4/h14H,8-13H2,1-7H3. The summed E-state index contributed by atoms with van der Waals surface area (Å²) in [6.45, 7) is 15.8. The van der Waals surface area contributed by atoms with Crippen LogP contribution in [-0.2, 0) is 19.3 Å². The molecule has 4 heteroatoms. The van der Waals surface area contributed by atoms with E-state index in [9.17, 15) is 4.79 Å². The molecule has 1 atom stereocenters. The van der Waals surface area contributed by atoms with Gasteiger partial charge >= 0.3 is 11.8 Å². The van der Waals surface area contributed by atoms with Gasteiger partial charge in [-0.25, -0.2) is 4.79 Å². The van der Waals surface area contributed by atoms with Gasteiger partial charge in [-0.3, -0.25) is 0 Å². The lowest BCUT2D eigenvalue weighted by Gasteiger charge is -2.23. The van der Waals surface area contributed by atoms with Crippen LogP contribution in [0.4, 0.5) is 0 Å². The van der Waals surface area contributed by atoms with E-state index in [-0.39, 0.29) is 11.4 Å². The number of unbranched alkanes of at least 4 members (excludes halogenated alkanes) is 1. The third-order valence-corrected chi connectivity index (χ3v) is 3.74. The van der Waals surface area contributed by atoms with Crippen LogP contribution >= 0.6 is 0 Å². The topological polar surface area (TPSA) is 51.4 Å². The SMILES string of the molecule is CC(COC(=O)C1(CCCCC(C)(C)C)OO1)CC(C)(C)C. The summed E-state index contributed by atoms with van der Waals surface area (Å²) >= 11 is 0. The Balaban J connectivity index is 2.27. The fourth-order valence-corrected chi connectivity index (χ4v) is 2.75. The highest BCUT2D eigenvalue weighted by atomic mass is 17.4. The molecule has 130 valence electrons. The van der Waals surface area contributed by atoms with Crippen LogP contribution in [0.5, 0.6) is 0 Å². The molecule has 0 aromatic heterocycles. The van der Waals surface area contributed by atoms with E-state index in [0.717, 1.165) is 25.7 Å². The first kappa shape index (κ1) is 19.4. The second-order valence-corrected chi connectivity index (χ2v) is 9.16. The second kappa shape index (κ2) is 7.31. The van der Waals surface area contributed by atoms with Gasteiger partial charge in [-0.1, -0.05) is 54.9 Å². The van der Waals surface area contributed by atoms with Crippen molar-refractivity contribution >= 4 is 5.97 Å². The first-order valence-corrected chi connectivity index (χ1v) is 8.48. The molecule has 1 heterocycles. The maximum atomic E-state index is 12.1. The van der Waals surface area contributed by atoms with Crippen molar-refractivity contribution in [3.8, 4) is 0 Å². The average Bonchev–Trinajstić information content (AvgIpc) is 3.09. The molecule has 1 aliphatic rings. The van der Waals surface area contributed by atoms with Gasteiger partial charge in [0.1, 0.15) is 0 Å². The maximum absolute atomic E-state index is 12.1. The summed E-state index contributed by atoms with van der Waals surface area (Å²) in [4.78, 5) is 22.0. The lowest BCUT2D eigenvalue weighted by Crippen LogP contribution is -2.29. The van der Waals surface area contributed by atoms with Crippen LogP contribution in [0.15, 0.2) is 0 Å². The molecule has 0 aromatic carbocycles. The number of hydrogen-bond donors (Lipinski definition) is 0. The number of esters is 1. The number of ether oxygens (including phenoxy) is 1. The van der Waals surface area contributed by atoms with Crippen LogP contribution in [0.2, 0.25) is 0 Å². The molecule has 0 aromatic rings. The monoisotopic (exact) mass is 314 g/mol. The molecule has 1 unspecified atom stereocenters. The van der Waals surface area contributed by atoms with Crippen molar-refractivity contribution in [1.29, 1.82) is 0 Å². The molecule has 22 heavy (non-hydrogen) atoms. The molecule has 0 bridgehead atoms. The minimum atomic E-state index is -1.11. The molecule has 0 spiro atoms. The molecule has 0 amide bonds. The van der Waals surface area contributed by atoms with E-state index in [1.165, 1.54) is 0 Å². The largest absolute Gasteiger partial charge is 0.461 e. The van der Waals surface area contributed by atoms with Gasteiger partial charge in [0, 0.05) is 6.42 Å². The van der Waals surface area contributed by atoms with Gasteiger partial charge in [-0.05, 0) is 36.0 Å². The summed E-state index contributed by atoms with van der Waals surface area (Å²) in [5.74, 6) is -1.15. The Morgan fingerprint density at radius 2 is 1.64 bits per heavy atom. The first-order chi connectivity index (χ1) is 9.94. The molecule has 0 aliphatic carbocycles. The van der Waals surface area contributed by atoms with E-state index in [0.29, 0.717) is 24.4 Å². The molecule has 1 aliphatic heterocycles. The van der Waals surface area contributed by atoms with Crippen molar-refractivity contribution in [2.45, 2.75) is 86.4 Å². The minimum Gasteiger partial charge on any atom is -0.461 e. The Morgan fingerprint density at radius 3 is 2.09 bits per heavy atom. The van der Waals surface area contributed by atoms with Crippen LogP contribution < -0.4 is 0 Å². The number of hydrogen-bond acceptors (Lipinski definition) is 4. The van der Waals surface area contributed by atoms with Crippen LogP contribution in [0.3, 0.4) is 0 Å². The molecule has 0 saturated carbocycles. The van der Waals surface area contributed by atoms with Gasteiger partial charge in [0.2, 0.25) is 0 Å². The van der Waals surface area contributed by atoms with E-state index >= 15 is 0 Å². The van der Waals surface area contributed by atoms with Gasteiger partial charge < -0.3 is 4.74 Å². The molecule has 4 nitrogen and oxygen atoms in total. The maximum Gasteiger partial charge on any atom is 0.372 e. The summed E-state index contributed by atoms with van der Waals surface area (Å²) in [6, 6.07) is 0. The van der Waals surface area contributed by atoms with E-state index < -0.39 is 5.79 Å². The highest BCUT2D eigenvalue weighted by molar-refractivity contribution is 5.79. The van der Waals surface area contributed by atoms with Crippen molar-refractivity contribution in [3.05, 3.63) is 0 Å². The zero-order valence-corrected chi connectivity index (χ0v) is 15.5. The van der Waals surface area contributed by atoms with Gasteiger partial charge in [0.25, 0.3) is 0 Å². The molecule has 1 rings (SSSR count). The third kappa shape index (κ3) is 7.59. The Morgan fingerprint density at radius 1 is 1.05 bits per heavy atom. The van der Waals surface area contributed by atoms with Crippen molar-refractivity contribution in [2.75, 3.05) is 6.61 Å². The molecule has 1 saturated heterocycles. The minimum absolute atomic E-state index is 0.239. The zero-order chi connectivity index (χ0) is 17.0. The summed E-state index contributed by atoms with van der Waals surface area (Å²) < 4.78 is 5.39. The van der Waals surface area contributed by atoms with Crippen molar-refractivity contribution in [1.82, 2.24) is 0 Å². The van der Waals surface area contributed by atoms with E-state index in [1.54, 1.807) is 0 Å². The summed E-state index contributed by atoms with van der Waals surface area (Å²) in [5, 5.41) is 0. The van der Waals surface area contributed by atoms with Crippen LogP contribution in [-0.4, -0.2) is 18.4 Å². The molecular weight excluding hydrogens is 280 g/mol. The molecule has 1 fully saturated rings. The van der Waals surface area contributed by atoms with Gasteiger partial charge in [-0.2, -0.15) is 9.78 Å². The van der Waals surface area contributed by atoms with E-state index in [2.05, 4.69) is 48.5 Å². The summed E-state index contributed by atoms with van der Waals surface area (Å²) in [6.07, 6.45) is 4.69. The summed E-state index contributed by atoms with van der Waals surface area (Å²) in [5.41, 5.74) is 0.560. The Hall–Kier alpha value is -0.610. The number of carbonyl (C=O) groups excluding carboxylic acids is 1. The molecule has 0 N–H and O–H groups in total. The normalized spacial score (nSPS) is 18.9. The number of rotatable bonds is 8. The predicted molar refractivity (Wildman–Crippen MR) is 87.0 cm³/mol.